The lowest BCUT2D eigenvalue weighted by Crippen LogP contribution is -2.02. The molecule has 70 valence electrons. The van der Waals surface area contributed by atoms with Crippen molar-refractivity contribution in [2.24, 2.45) is 0 Å². The first kappa shape index (κ1) is 11.2. The van der Waals surface area contributed by atoms with Crippen molar-refractivity contribution in [3.8, 4) is 0 Å². The fourth-order valence-electron chi connectivity index (χ4n) is 0.931. The van der Waals surface area contributed by atoms with E-state index in [1.54, 1.807) is 0 Å². The predicted molar refractivity (Wildman–Crippen MR) is 49.9 cm³/mol. The molecule has 0 saturated heterocycles. The van der Waals surface area contributed by atoms with Gasteiger partial charge in [0, 0.05) is 6.42 Å². The van der Waals surface area contributed by atoms with Crippen LogP contribution in [0.25, 0.3) is 0 Å². The van der Waals surface area contributed by atoms with Crippen LogP contribution in [-0.4, -0.2) is 12.6 Å². The van der Waals surface area contributed by atoms with Crippen molar-refractivity contribution in [2.45, 2.75) is 39.5 Å². The molecular formula is C10H18O2. The van der Waals surface area contributed by atoms with E-state index in [9.17, 15) is 4.79 Å². The van der Waals surface area contributed by atoms with Crippen LogP contribution < -0.4 is 0 Å². The minimum absolute atomic E-state index is 0.0713. The Bertz CT molecular complexity index is 139. The van der Waals surface area contributed by atoms with E-state index in [2.05, 4.69) is 6.08 Å². The zero-order valence-corrected chi connectivity index (χ0v) is 8.01. The molecule has 0 heterocycles. The first-order valence-corrected chi connectivity index (χ1v) is 4.58. The second kappa shape index (κ2) is 8.31. The van der Waals surface area contributed by atoms with Gasteiger partial charge in [-0.05, 0) is 33.1 Å². The van der Waals surface area contributed by atoms with Gasteiger partial charge in [-0.1, -0.05) is 12.2 Å². The van der Waals surface area contributed by atoms with Crippen molar-refractivity contribution in [1.82, 2.24) is 0 Å². The maximum absolute atomic E-state index is 10.8. The summed E-state index contributed by atoms with van der Waals surface area (Å²) in [6.45, 7) is 4.33. The number of esters is 1. The van der Waals surface area contributed by atoms with Crippen LogP contribution in [0.3, 0.4) is 0 Å². The lowest BCUT2D eigenvalue weighted by atomic mass is 10.2. The van der Waals surface area contributed by atoms with Crippen LogP contribution in [0.4, 0.5) is 0 Å². The molecule has 0 atom stereocenters. The van der Waals surface area contributed by atoms with Crippen LogP contribution in [0.5, 0.6) is 0 Å². The number of hydrogen-bond donors (Lipinski definition) is 0. The van der Waals surface area contributed by atoms with E-state index in [-0.39, 0.29) is 5.97 Å². The molecule has 0 bridgehead atoms. The Balaban J connectivity index is 3.13. The van der Waals surface area contributed by atoms with E-state index in [4.69, 9.17) is 4.74 Å². The van der Waals surface area contributed by atoms with Crippen molar-refractivity contribution in [3.63, 3.8) is 0 Å². The van der Waals surface area contributed by atoms with Crippen molar-refractivity contribution >= 4 is 5.97 Å². The predicted octanol–water partition coefficient (Wildman–Crippen LogP) is 2.69. The molecule has 2 heteroatoms. The quantitative estimate of drug-likeness (QED) is 0.348. The summed E-state index contributed by atoms with van der Waals surface area (Å²) in [7, 11) is 0. The van der Waals surface area contributed by atoms with Crippen LogP contribution in [0.15, 0.2) is 12.2 Å². The fourth-order valence-corrected chi connectivity index (χ4v) is 0.931. The molecule has 0 spiro atoms. The Morgan fingerprint density at radius 2 is 2.17 bits per heavy atom. The monoisotopic (exact) mass is 170 g/mol. The largest absolute Gasteiger partial charge is 0.466 e. The molecule has 0 N–H and O–H groups in total. The number of rotatable bonds is 6. The molecule has 0 rings (SSSR count). The number of hydrogen-bond acceptors (Lipinski definition) is 2. The molecule has 0 aliphatic carbocycles. The molecule has 0 amide bonds. The van der Waals surface area contributed by atoms with Gasteiger partial charge < -0.3 is 4.74 Å². The third kappa shape index (κ3) is 7.32. The molecule has 0 aromatic rings. The Morgan fingerprint density at radius 3 is 2.75 bits per heavy atom. The molecule has 0 saturated carbocycles. The smallest absolute Gasteiger partial charge is 0.305 e. The fraction of sp³-hybridized carbons (Fsp3) is 0.700. The third-order valence-corrected chi connectivity index (χ3v) is 1.54. The summed E-state index contributed by atoms with van der Waals surface area (Å²) in [6.07, 6.45) is 7.78. The summed E-state index contributed by atoms with van der Waals surface area (Å²) >= 11 is 0. The van der Waals surface area contributed by atoms with Crippen LogP contribution in [0.1, 0.15) is 39.5 Å². The van der Waals surface area contributed by atoms with Crippen LogP contribution in [-0.2, 0) is 9.53 Å². The lowest BCUT2D eigenvalue weighted by molar-refractivity contribution is -0.143. The van der Waals surface area contributed by atoms with Gasteiger partial charge in [0.15, 0.2) is 0 Å². The highest BCUT2D eigenvalue weighted by molar-refractivity contribution is 5.69. The number of carbonyl (C=O) groups excluding carboxylic acids is 1. The molecule has 0 aliphatic heterocycles. The molecule has 12 heavy (non-hydrogen) atoms. The van der Waals surface area contributed by atoms with Gasteiger partial charge in [0.2, 0.25) is 0 Å². The summed E-state index contributed by atoms with van der Waals surface area (Å²) in [5, 5.41) is 0. The summed E-state index contributed by atoms with van der Waals surface area (Å²) in [6, 6.07) is 0. The maximum atomic E-state index is 10.8. The van der Waals surface area contributed by atoms with E-state index >= 15 is 0 Å². The Morgan fingerprint density at radius 1 is 1.42 bits per heavy atom. The van der Waals surface area contributed by atoms with Gasteiger partial charge in [-0.25, -0.2) is 0 Å². The van der Waals surface area contributed by atoms with Crippen molar-refractivity contribution in [3.05, 3.63) is 12.2 Å². The minimum atomic E-state index is -0.0713. The first-order chi connectivity index (χ1) is 5.81. The number of ether oxygens (including phenoxy) is 1. The average Bonchev–Trinajstić information content (AvgIpc) is 2.05. The Kier molecular flexibility index (Phi) is 7.76. The van der Waals surface area contributed by atoms with E-state index in [1.807, 2.05) is 19.9 Å². The topological polar surface area (TPSA) is 26.3 Å². The summed E-state index contributed by atoms with van der Waals surface area (Å²) in [4.78, 5) is 10.8. The van der Waals surface area contributed by atoms with E-state index in [0.717, 1.165) is 19.3 Å². The average molecular weight is 170 g/mol. The van der Waals surface area contributed by atoms with Crippen LogP contribution >= 0.6 is 0 Å². The van der Waals surface area contributed by atoms with Gasteiger partial charge in [0.25, 0.3) is 0 Å². The molecule has 2 nitrogen and oxygen atoms in total. The highest BCUT2D eigenvalue weighted by atomic mass is 16.5. The second-order valence-corrected chi connectivity index (χ2v) is 2.62. The normalized spacial score (nSPS) is 10.5. The van der Waals surface area contributed by atoms with Gasteiger partial charge in [-0.2, -0.15) is 0 Å². The molecule has 0 radical (unpaired) electrons. The number of carbonyl (C=O) groups is 1. The van der Waals surface area contributed by atoms with Gasteiger partial charge >= 0.3 is 5.97 Å². The van der Waals surface area contributed by atoms with Gasteiger partial charge in [-0.15, -0.1) is 0 Å². The standard InChI is InChI=1S/C10H18O2/c1-3-5-6-7-8-9-10(11)12-4-2/h3,5H,4,6-9H2,1-2H3. The SMILES string of the molecule is CC=CCCCCC(=O)OCC. The van der Waals surface area contributed by atoms with Crippen molar-refractivity contribution in [2.75, 3.05) is 6.61 Å². The van der Waals surface area contributed by atoms with Gasteiger partial charge in [0.1, 0.15) is 0 Å². The van der Waals surface area contributed by atoms with Crippen LogP contribution in [0.2, 0.25) is 0 Å². The maximum Gasteiger partial charge on any atom is 0.305 e. The highest BCUT2D eigenvalue weighted by Gasteiger charge is 1.98. The first-order valence-electron chi connectivity index (χ1n) is 4.58. The van der Waals surface area contributed by atoms with E-state index < -0.39 is 0 Å². The Hall–Kier alpha value is -0.790. The zero-order valence-electron chi connectivity index (χ0n) is 8.01. The third-order valence-electron chi connectivity index (χ3n) is 1.54. The number of unbranched alkanes of at least 4 members (excludes halogenated alkanes) is 2. The molecular weight excluding hydrogens is 152 g/mol. The van der Waals surface area contributed by atoms with E-state index in [1.165, 1.54) is 0 Å². The van der Waals surface area contributed by atoms with Gasteiger partial charge in [-0.3, -0.25) is 4.79 Å². The summed E-state index contributed by atoms with van der Waals surface area (Å²) in [5.41, 5.74) is 0. The molecule has 0 aliphatic rings. The van der Waals surface area contributed by atoms with Gasteiger partial charge in [0.05, 0.1) is 6.61 Å². The summed E-state index contributed by atoms with van der Waals surface area (Å²) < 4.78 is 4.79. The minimum Gasteiger partial charge on any atom is -0.466 e. The van der Waals surface area contributed by atoms with E-state index in [0.29, 0.717) is 13.0 Å². The Labute approximate surface area is 74.6 Å². The lowest BCUT2D eigenvalue weighted by Gasteiger charge is -1.99. The highest BCUT2D eigenvalue weighted by Crippen LogP contribution is 2.01. The van der Waals surface area contributed by atoms with Crippen LogP contribution in [0, 0.1) is 0 Å². The van der Waals surface area contributed by atoms with Crippen molar-refractivity contribution in [1.29, 1.82) is 0 Å². The number of allylic oxidation sites excluding steroid dienone is 2. The molecule has 0 unspecified atom stereocenters. The molecule has 0 aromatic heterocycles. The van der Waals surface area contributed by atoms with Crippen molar-refractivity contribution < 1.29 is 9.53 Å². The molecule has 0 fully saturated rings. The summed E-state index contributed by atoms with van der Waals surface area (Å²) in [5.74, 6) is -0.0713. The molecule has 0 aromatic carbocycles. The zero-order chi connectivity index (χ0) is 9.23. The second-order valence-electron chi connectivity index (χ2n) is 2.62.